The normalized spacial score (nSPS) is 15.2. The van der Waals surface area contributed by atoms with E-state index in [0.717, 1.165) is 5.56 Å². The summed E-state index contributed by atoms with van der Waals surface area (Å²) in [5, 5.41) is 25.1. The minimum Gasteiger partial charge on any atom is -0.478 e. The summed E-state index contributed by atoms with van der Waals surface area (Å²) in [6.45, 7) is 0.0207. The van der Waals surface area contributed by atoms with Gasteiger partial charge in [-0.2, -0.15) is 0 Å². The van der Waals surface area contributed by atoms with E-state index in [1.165, 1.54) is 6.07 Å². The van der Waals surface area contributed by atoms with Crippen LogP contribution in [-0.4, -0.2) is 26.3 Å². The lowest BCUT2D eigenvalue weighted by molar-refractivity contribution is 0.0696. The standard InChI is InChI=1S/C27H20Cl2N2O6/c28-17-2-1-3-18(29)23(17)24-16(25(37-31-24)27(34)10-11-27)13-35-22-9-8-20-19(30-22)7-6-14-4-5-15(26(32)33)12-21(14)36-20/h1-5,8-9,12,34H,6-7,10-11,13H2,(H,32,33). The Morgan fingerprint density at radius 2 is 1.84 bits per heavy atom. The molecule has 37 heavy (non-hydrogen) atoms. The SMILES string of the molecule is O=C(O)c1ccc2c(c1)Oc1ccc(OCc3c(-c4c(Cl)cccc4Cl)noc3C3(O)CC3)nc1CC2. The van der Waals surface area contributed by atoms with E-state index < -0.39 is 11.6 Å². The number of carboxylic acid groups (broad SMARTS) is 1. The van der Waals surface area contributed by atoms with Gasteiger partial charge in [0.2, 0.25) is 5.88 Å². The summed E-state index contributed by atoms with van der Waals surface area (Å²) >= 11 is 12.8. The number of hydrogen-bond donors (Lipinski definition) is 2. The summed E-state index contributed by atoms with van der Waals surface area (Å²) in [5.74, 6) is 0.711. The van der Waals surface area contributed by atoms with E-state index in [4.69, 9.17) is 37.2 Å². The molecule has 6 rings (SSSR count). The average molecular weight is 539 g/mol. The highest BCUT2D eigenvalue weighted by molar-refractivity contribution is 6.39. The van der Waals surface area contributed by atoms with Crippen LogP contribution < -0.4 is 9.47 Å². The lowest BCUT2D eigenvalue weighted by atomic mass is 10.0. The van der Waals surface area contributed by atoms with Gasteiger partial charge in [-0.15, -0.1) is 0 Å². The number of fused-ring (bicyclic) bond motifs is 2. The number of rotatable bonds is 6. The van der Waals surface area contributed by atoms with Gasteiger partial charge in [0, 0.05) is 11.6 Å². The van der Waals surface area contributed by atoms with Gasteiger partial charge in [-0.1, -0.05) is 40.5 Å². The summed E-state index contributed by atoms with van der Waals surface area (Å²) in [6.07, 6.45) is 2.34. The Hall–Kier alpha value is -3.59. The zero-order valence-electron chi connectivity index (χ0n) is 19.3. The Balaban J connectivity index is 1.29. The van der Waals surface area contributed by atoms with E-state index >= 15 is 0 Å². The number of pyridine rings is 1. The molecular formula is C27H20Cl2N2O6. The van der Waals surface area contributed by atoms with Crippen LogP contribution in [0.2, 0.25) is 10.0 Å². The fourth-order valence-electron chi connectivity index (χ4n) is 4.40. The molecule has 1 aliphatic carbocycles. The van der Waals surface area contributed by atoms with Gasteiger partial charge in [0.15, 0.2) is 5.76 Å². The molecular weight excluding hydrogens is 519 g/mol. The van der Waals surface area contributed by atoms with E-state index in [9.17, 15) is 15.0 Å². The molecule has 2 aliphatic rings. The summed E-state index contributed by atoms with van der Waals surface area (Å²) < 4.78 is 17.6. The molecule has 10 heteroatoms. The van der Waals surface area contributed by atoms with Gasteiger partial charge < -0.3 is 24.2 Å². The minimum absolute atomic E-state index is 0.0207. The molecule has 0 unspecified atom stereocenters. The molecule has 0 atom stereocenters. The van der Waals surface area contributed by atoms with E-state index in [1.807, 2.05) is 0 Å². The van der Waals surface area contributed by atoms with Gasteiger partial charge in [0.25, 0.3) is 0 Å². The molecule has 1 aliphatic heterocycles. The van der Waals surface area contributed by atoms with E-state index in [0.29, 0.717) is 81.4 Å². The molecule has 3 heterocycles. The van der Waals surface area contributed by atoms with E-state index in [2.05, 4.69) is 10.1 Å². The molecule has 2 N–H and O–H groups in total. The van der Waals surface area contributed by atoms with Crippen LogP contribution in [0.25, 0.3) is 11.3 Å². The Labute approximate surface area is 221 Å². The molecule has 1 saturated carbocycles. The summed E-state index contributed by atoms with van der Waals surface area (Å²) in [7, 11) is 0. The fourth-order valence-corrected chi connectivity index (χ4v) is 4.98. The van der Waals surface area contributed by atoms with Crippen molar-refractivity contribution in [2.45, 2.75) is 37.9 Å². The Morgan fingerprint density at radius 3 is 2.57 bits per heavy atom. The smallest absolute Gasteiger partial charge is 0.335 e. The molecule has 0 radical (unpaired) electrons. The van der Waals surface area contributed by atoms with Crippen molar-refractivity contribution in [2.24, 2.45) is 0 Å². The first-order valence-electron chi connectivity index (χ1n) is 11.6. The number of nitrogens with zero attached hydrogens (tertiary/aromatic N) is 2. The van der Waals surface area contributed by atoms with Crippen molar-refractivity contribution in [3.05, 3.63) is 86.7 Å². The molecule has 1 fully saturated rings. The zero-order chi connectivity index (χ0) is 25.7. The number of aromatic nitrogens is 2. The van der Waals surface area contributed by atoms with Crippen LogP contribution in [0.15, 0.2) is 53.1 Å². The van der Waals surface area contributed by atoms with Crippen LogP contribution >= 0.6 is 23.2 Å². The van der Waals surface area contributed by atoms with Crippen molar-refractivity contribution >= 4 is 29.2 Å². The summed E-state index contributed by atoms with van der Waals surface area (Å²) in [6, 6.07) is 13.4. The number of aromatic carboxylic acids is 1. The quantitative estimate of drug-likeness (QED) is 0.298. The van der Waals surface area contributed by atoms with Crippen LogP contribution in [0, 0.1) is 0 Å². The fraction of sp³-hybridized carbons (Fsp3) is 0.222. The highest BCUT2D eigenvalue weighted by atomic mass is 35.5. The first-order chi connectivity index (χ1) is 17.8. The zero-order valence-corrected chi connectivity index (χ0v) is 20.8. The predicted octanol–water partition coefficient (Wildman–Crippen LogP) is 6.19. The Kier molecular flexibility index (Phi) is 5.82. The molecule has 0 saturated heterocycles. The van der Waals surface area contributed by atoms with Gasteiger partial charge in [-0.3, -0.25) is 0 Å². The highest BCUT2D eigenvalue weighted by Gasteiger charge is 2.48. The largest absolute Gasteiger partial charge is 0.478 e. The second-order valence-electron chi connectivity index (χ2n) is 9.08. The van der Waals surface area contributed by atoms with Gasteiger partial charge >= 0.3 is 5.97 Å². The lowest BCUT2D eigenvalue weighted by Gasteiger charge is -2.12. The Morgan fingerprint density at radius 1 is 1.05 bits per heavy atom. The van der Waals surface area contributed by atoms with E-state index in [-0.39, 0.29) is 12.2 Å². The minimum atomic E-state index is -1.09. The van der Waals surface area contributed by atoms with Crippen molar-refractivity contribution in [3.8, 4) is 28.6 Å². The maximum Gasteiger partial charge on any atom is 0.335 e. The lowest BCUT2D eigenvalue weighted by Crippen LogP contribution is -2.09. The summed E-state index contributed by atoms with van der Waals surface area (Å²) in [4.78, 5) is 16.0. The van der Waals surface area contributed by atoms with Gasteiger partial charge in [-0.25, -0.2) is 9.78 Å². The van der Waals surface area contributed by atoms with Crippen molar-refractivity contribution in [1.29, 1.82) is 0 Å². The third kappa shape index (κ3) is 4.41. The van der Waals surface area contributed by atoms with Crippen LogP contribution in [-0.2, 0) is 25.0 Å². The molecule has 4 aromatic rings. The van der Waals surface area contributed by atoms with Crippen molar-refractivity contribution in [1.82, 2.24) is 10.1 Å². The first kappa shape index (κ1) is 23.8. The highest BCUT2D eigenvalue weighted by Crippen LogP contribution is 2.49. The number of hydrogen-bond acceptors (Lipinski definition) is 7. The van der Waals surface area contributed by atoms with Crippen LogP contribution in [0.5, 0.6) is 17.4 Å². The van der Waals surface area contributed by atoms with Crippen molar-refractivity contribution < 1.29 is 29.0 Å². The third-order valence-corrected chi connectivity index (χ3v) is 7.20. The van der Waals surface area contributed by atoms with Gasteiger partial charge in [0.1, 0.15) is 29.4 Å². The van der Waals surface area contributed by atoms with Crippen LogP contribution in [0.3, 0.4) is 0 Å². The number of carboxylic acids is 1. The first-order valence-corrected chi connectivity index (χ1v) is 12.4. The summed E-state index contributed by atoms with van der Waals surface area (Å²) in [5.41, 5.74) is 2.12. The third-order valence-electron chi connectivity index (χ3n) is 6.57. The molecule has 0 bridgehead atoms. The second kappa shape index (κ2) is 9.06. The number of aryl methyl sites for hydroxylation is 2. The van der Waals surface area contributed by atoms with Crippen molar-refractivity contribution in [3.63, 3.8) is 0 Å². The monoisotopic (exact) mass is 538 g/mol. The molecule has 2 aromatic heterocycles. The Bertz CT molecular complexity index is 1530. The maximum atomic E-state index is 11.3. The second-order valence-corrected chi connectivity index (χ2v) is 9.89. The number of benzene rings is 2. The number of carbonyl (C=O) groups is 1. The molecule has 2 aromatic carbocycles. The van der Waals surface area contributed by atoms with E-state index in [1.54, 1.807) is 42.5 Å². The number of halogens is 2. The molecule has 8 nitrogen and oxygen atoms in total. The van der Waals surface area contributed by atoms with Crippen LogP contribution in [0.4, 0.5) is 0 Å². The van der Waals surface area contributed by atoms with Crippen molar-refractivity contribution in [2.75, 3.05) is 0 Å². The van der Waals surface area contributed by atoms with Gasteiger partial charge in [-0.05, 0) is 61.6 Å². The molecule has 0 amide bonds. The molecule has 0 spiro atoms. The average Bonchev–Trinajstić information content (AvgIpc) is 3.53. The van der Waals surface area contributed by atoms with Gasteiger partial charge in [0.05, 0.1) is 26.9 Å². The maximum absolute atomic E-state index is 11.3. The topological polar surface area (TPSA) is 115 Å². The number of aliphatic hydroxyl groups is 1. The predicted molar refractivity (Wildman–Crippen MR) is 135 cm³/mol. The number of ether oxygens (including phenoxy) is 2. The molecule has 188 valence electrons. The van der Waals surface area contributed by atoms with Crippen LogP contribution in [0.1, 0.15) is 45.8 Å².